The molecule has 0 saturated carbocycles. The minimum Gasteiger partial charge on any atom is -0.454 e. The summed E-state index contributed by atoms with van der Waals surface area (Å²) in [5, 5.41) is 2.86. The highest BCUT2D eigenvalue weighted by molar-refractivity contribution is 5.98. The van der Waals surface area contributed by atoms with Gasteiger partial charge in [-0.25, -0.2) is 4.39 Å². The zero-order valence-electron chi connectivity index (χ0n) is 18.2. The Bertz CT molecular complexity index is 1120. The lowest BCUT2D eigenvalue weighted by molar-refractivity contribution is 0.0718. The molecule has 1 atom stereocenters. The van der Waals surface area contributed by atoms with E-state index in [4.69, 9.17) is 9.47 Å². The number of ether oxygens (including phenoxy) is 2. The largest absolute Gasteiger partial charge is 0.454 e. The summed E-state index contributed by atoms with van der Waals surface area (Å²) in [4.78, 5) is 31.4. The summed E-state index contributed by atoms with van der Waals surface area (Å²) in [7, 11) is 1.71. The third-order valence-corrected chi connectivity index (χ3v) is 5.54. The molecular formula is C25H24FN3O4. The maximum absolute atomic E-state index is 13.4. The van der Waals surface area contributed by atoms with Crippen LogP contribution in [0.2, 0.25) is 0 Å². The van der Waals surface area contributed by atoms with Crippen molar-refractivity contribution in [3.8, 4) is 11.5 Å². The van der Waals surface area contributed by atoms with E-state index in [2.05, 4.69) is 10.3 Å². The molecule has 1 aliphatic rings. The van der Waals surface area contributed by atoms with Gasteiger partial charge >= 0.3 is 0 Å². The van der Waals surface area contributed by atoms with Crippen LogP contribution in [0.1, 0.15) is 32.8 Å². The highest BCUT2D eigenvalue weighted by atomic mass is 19.1. The standard InChI is InChI=1S/C25H24FN3O4/c1-29(25(31)20-5-4-7-22-23(20)33-16-32-22)19(15-17-8-10-18(26)11-9-17)12-14-28-24(30)21-6-2-3-13-27-21/h2-11,13,19H,12,14-16H2,1H3,(H,28,30)/t19-/m1/s1. The molecule has 3 aromatic rings. The number of fused-ring (bicyclic) bond motifs is 1. The van der Waals surface area contributed by atoms with E-state index >= 15 is 0 Å². The summed E-state index contributed by atoms with van der Waals surface area (Å²) in [5.41, 5.74) is 1.62. The number of rotatable bonds is 8. The van der Waals surface area contributed by atoms with Gasteiger partial charge in [0, 0.05) is 25.8 Å². The van der Waals surface area contributed by atoms with Gasteiger partial charge in [-0.2, -0.15) is 0 Å². The molecule has 2 amide bonds. The van der Waals surface area contributed by atoms with E-state index in [9.17, 15) is 14.0 Å². The van der Waals surface area contributed by atoms with Crippen LogP contribution in [0, 0.1) is 5.82 Å². The molecule has 1 aliphatic heterocycles. The van der Waals surface area contributed by atoms with Crippen LogP contribution in [0.25, 0.3) is 0 Å². The zero-order valence-corrected chi connectivity index (χ0v) is 18.2. The summed E-state index contributed by atoms with van der Waals surface area (Å²) < 4.78 is 24.3. The van der Waals surface area contributed by atoms with Gasteiger partial charge in [0.15, 0.2) is 11.5 Å². The molecule has 1 N–H and O–H groups in total. The first kappa shape index (κ1) is 22.3. The molecule has 0 aliphatic carbocycles. The summed E-state index contributed by atoms with van der Waals surface area (Å²) in [5.74, 6) is 0.140. The third-order valence-electron chi connectivity index (χ3n) is 5.54. The van der Waals surface area contributed by atoms with Crippen molar-refractivity contribution in [2.75, 3.05) is 20.4 Å². The molecule has 7 nitrogen and oxygen atoms in total. The Kier molecular flexibility index (Phi) is 6.83. The van der Waals surface area contributed by atoms with Crippen LogP contribution in [0.15, 0.2) is 66.9 Å². The van der Waals surface area contributed by atoms with Crippen molar-refractivity contribution in [2.24, 2.45) is 0 Å². The van der Waals surface area contributed by atoms with Crippen molar-refractivity contribution in [1.82, 2.24) is 15.2 Å². The molecule has 0 fully saturated rings. The Labute approximate surface area is 191 Å². The second-order valence-corrected chi connectivity index (χ2v) is 7.70. The molecule has 33 heavy (non-hydrogen) atoms. The molecule has 0 bridgehead atoms. The van der Waals surface area contributed by atoms with Crippen LogP contribution in [0.4, 0.5) is 4.39 Å². The number of carbonyl (C=O) groups excluding carboxylic acids is 2. The number of nitrogens with one attached hydrogen (secondary N) is 1. The molecule has 0 saturated heterocycles. The fraction of sp³-hybridized carbons (Fsp3) is 0.240. The fourth-order valence-corrected chi connectivity index (χ4v) is 3.72. The molecule has 0 radical (unpaired) electrons. The van der Waals surface area contributed by atoms with E-state index < -0.39 is 0 Å². The highest BCUT2D eigenvalue weighted by Crippen LogP contribution is 2.36. The SMILES string of the molecule is CN(C(=O)c1cccc2c1OCO2)[C@H](CCNC(=O)c1ccccn1)Cc1ccc(F)cc1. The van der Waals surface area contributed by atoms with Gasteiger partial charge in [-0.15, -0.1) is 0 Å². The number of hydrogen-bond donors (Lipinski definition) is 1. The van der Waals surface area contributed by atoms with Crippen molar-refractivity contribution >= 4 is 11.8 Å². The van der Waals surface area contributed by atoms with Gasteiger partial charge in [0.25, 0.3) is 11.8 Å². The lowest BCUT2D eigenvalue weighted by atomic mass is 10.0. The van der Waals surface area contributed by atoms with Crippen LogP contribution in [0.3, 0.4) is 0 Å². The van der Waals surface area contributed by atoms with E-state index in [1.807, 2.05) is 0 Å². The van der Waals surface area contributed by atoms with Gasteiger partial charge in [-0.1, -0.05) is 24.3 Å². The van der Waals surface area contributed by atoms with Crippen molar-refractivity contribution in [1.29, 1.82) is 0 Å². The molecule has 2 aromatic carbocycles. The Hall–Kier alpha value is -3.94. The number of halogens is 1. The average Bonchev–Trinajstić information content (AvgIpc) is 3.33. The van der Waals surface area contributed by atoms with Gasteiger partial charge in [-0.05, 0) is 54.8 Å². The normalized spacial score (nSPS) is 12.8. The number of aromatic nitrogens is 1. The first-order chi connectivity index (χ1) is 16.0. The maximum atomic E-state index is 13.4. The van der Waals surface area contributed by atoms with E-state index in [1.165, 1.54) is 12.1 Å². The number of pyridine rings is 1. The molecule has 170 valence electrons. The molecule has 4 rings (SSSR count). The third kappa shape index (κ3) is 5.28. The van der Waals surface area contributed by atoms with Crippen molar-refractivity contribution in [2.45, 2.75) is 18.9 Å². The van der Waals surface area contributed by atoms with Crippen molar-refractivity contribution < 1.29 is 23.5 Å². The monoisotopic (exact) mass is 449 g/mol. The predicted molar refractivity (Wildman–Crippen MR) is 120 cm³/mol. The fourth-order valence-electron chi connectivity index (χ4n) is 3.72. The number of nitrogens with zero attached hydrogens (tertiary/aromatic N) is 2. The first-order valence-corrected chi connectivity index (χ1v) is 10.6. The van der Waals surface area contributed by atoms with Crippen LogP contribution in [-0.2, 0) is 6.42 Å². The summed E-state index contributed by atoms with van der Waals surface area (Å²) in [6.07, 6.45) is 2.54. The topological polar surface area (TPSA) is 80.8 Å². The van der Waals surface area contributed by atoms with Gasteiger partial charge < -0.3 is 19.7 Å². The van der Waals surface area contributed by atoms with E-state index in [0.717, 1.165) is 5.56 Å². The second-order valence-electron chi connectivity index (χ2n) is 7.70. The molecule has 0 spiro atoms. The number of benzene rings is 2. The van der Waals surface area contributed by atoms with Gasteiger partial charge in [0.2, 0.25) is 6.79 Å². The summed E-state index contributed by atoms with van der Waals surface area (Å²) in [6, 6.07) is 16.3. The highest BCUT2D eigenvalue weighted by Gasteiger charge is 2.27. The number of amides is 2. The first-order valence-electron chi connectivity index (χ1n) is 10.6. The zero-order chi connectivity index (χ0) is 23.2. The lowest BCUT2D eigenvalue weighted by Crippen LogP contribution is -2.41. The molecular weight excluding hydrogens is 425 g/mol. The van der Waals surface area contributed by atoms with Crippen molar-refractivity contribution in [3.63, 3.8) is 0 Å². The number of para-hydroxylation sites is 1. The van der Waals surface area contributed by atoms with E-state index in [1.54, 1.807) is 66.7 Å². The van der Waals surface area contributed by atoms with Crippen LogP contribution in [-0.4, -0.2) is 48.1 Å². The number of hydrogen-bond acceptors (Lipinski definition) is 5. The Morgan fingerprint density at radius 2 is 1.91 bits per heavy atom. The quantitative estimate of drug-likeness (QED) is 0.570. The van der Waals surface area contributed by atoms with Crippen LogP contribution >= 0.6 is 0 Å². The average molecular weight is 449 g/mol. The minimum atomic E-state index is -0.320. The maximum Gasteiger partial charge on any atom is 0.269 e. The Morgan fingerprint density at radius 3 is 2.67 bits per heavy atom. The van der Waals surface area contributed by atoms with Crippen LogP contribution in [0.5, 0.6) is 11.5 Å². The number of likely N-dealkylation sites (N-methyl/N-ethyl adjacent to an activating group) is 1. The van der Waals surface area contributed by atoms with Gasteiger partial charge in [-0.3, -0.25) is 14.6 Å². The Morgan fingerprint density at radius 1 is 1.09 bits per heavy atom. The minimum absolute atomic E-state index is 0.0713. The predicted octanol–water partition coefficient (Wildman–Crippen LogP) is 3.45. The summed E-state index contributed by atoms with van der Waals surface area (Å²) >= 11 is 0. The molecule has 0 unspecified atom stereocenters. The lowest BCUT2D eigenvalue weighted by Gasteiger charge is -2.29. The molecule has 8 heteroatoms. The smallest absolute Gasteiger partial charge is 0.269 e. The summed E-state index contributed by atoms with van der Waals surface area (Å²) in [6.45, 7) is 0.410. The van der Waals surface area contributed by atoms with Gasteiger partial charge in [0.05, 0.1) is 5.56 Å². The van der Waals surface area contributed by atoms with Crippen LogP contribution < -0.4 is 14.8 Å². The van der Waals surface area contributed by atoms with Crippen molar-refractivity contribution in [3.05, 3.63) is 89.5 Å². The van der Waals surface area contributed by atoms with Gasteiger partial charge in [0.1, 0.15) is 11.5 Å². The van der Waals surface area contributed by atoms with E-state index in [-0.39, 0.29) is 30.5 Å². The molecule has 1 aromatic heterocycles. The number of carbonyl (C=O) groups is 2. The van der Waals surface area contributed by atoms with E-state index in [0.29, 0.717) is 42.1 Å². The second kappa shape index (κ2) is 10.1. The Balaban J connectivity index is 1.49. The molecule has 2 heterocycles.